The minimum atomic E-state index is 0.234. The normalized spacial score (nSPS) is 11.1. The maximum absolute atomic E-state index is 5.78. The van der Waals surface area contributed by atoms with Gasteiger partial charge in [-0.05, 0) is 49.7 Å². The van der Waals surface area contributed by atoms with E-state index in [1.165, 1.54) is 0 Å². The van der Waals surface area contributed by atoms with Gasteiger partial charge in [0.25, 0.3) is 0 Å². The van der Waals surface area contributed by atoms with Crippen molar-refractivity contribution >= 4 is 11.6 Å². The molecule has 118 valence electrons. The zero-order valence-electron chi connectivity index (χ0n) is 13.4. The number of nitrogen functional groups attached to an aromatic ring is 1. The van der Waals surface area contributed by atoms with Crippen LogP contribution in [0.25, 0.3) is 28.4 Å². The lowest BCUT2D eigenvalue weighted by molar-refractivity contribution is 1.13. The molecule has 24 heavy (non-hydrogen) atoms. The molecule has 4 aromatic heterocycles. The van der Waals surface area contributed by atoms with Gasteiger partial charge in [-0.15, -0.1) is 0 Å². The van der Waals surface area contributed by atoms with Crippen molar-refractivity contribution in [3.63, 3.8) is 0 Å². The van der Waals surface area contributed by atoms with Gasteiger partial charge in [0.15, 0.2) is 0 Å². The number of anilines is 1. The molecular formula is C18H16N6. The van der Waals surface area contributed by atoms with Gasteiger partial charge in [-0.1, -0.05) is 6.07 Å². The Bertz CT molecular complexity index is 1050. The monoisotopic (exact) mass is 316 g/mol. The number of pyridine rings is 2. The Balaban J connectivity index is 2.07. The third-order valence-electron chi connectivity index (χ3n) is 3.83. The van der Waals surface area contributed by atoms with E-state index >= 15 is 0 Å². The summed E-state index contributed by atoms with van der Waals surface area (Å²) in [6.45, 7) is 4.01. The Morgan fingerprint density at radius 2 is 1.83 bits per heavy atom. The molecule has 4 heterocycles. The van der Waals surface area contributed by atoms with E-state index in [-0.39, 0.29) is 5.95 Å². The van der Waals surface area contributed by atoms with E-state index in [1.807, 2.05) is 60.8 Å². The predicted molar refractivity (Wildman–Crippen MR) is 93.3 cm³/mol. The van der Waals surface area contributed by atoms with Gasteiger partial charge in [-0.2, -0.15) is 0 Å². The van der Waals surface area contributed by atoms with Gasteiger partial charge in [-0.25, -0.2) is 15.0 Å². The van der Waals surface area contributed by atoms with Crippen LogP contribution in [-0.4, -0.2) is 24.3 Å². The molecule has 4 rings (SSSR count). The smallest absolute Gasteiger partial charge is 0.220 e. The highest BCUT2D eigenvalue weighted by atomic mass is 15.1. The first-order chi connectivity index (χ1) is 11.6. The summed E-state index contributed by atoms with van der Waals surface area (Å²) in [6, 6.07) is 11.8. The zero-order valence-corrected chi connectivity index (χ0v) is 13.4. The molecule has 0 fully saturated rings. The first kappa shape index (κ1) is 14.3. The maximum atomic E-state index is 5.78. The fraction of sp³-hybridized carbons (Fsp3) is 0.111. The van der Waals surface area contributed by atoms with Crippen LogP contribution in [0.1, 0.15) is 11.3 Å². The molecule has 0 bridgehead atoms. The molecule has 0 amide bonds. The quantitative estimate of drug-likeness (QED) is 0.614. The summed E-state index contributed by atoms with van der Waals surface area (Å²) in [7, 11) is 0. The molecule has 6 nitrogen and oxygen atoms in total. The molecular weight excluding hydrogens is 300 g/mol. The summed E-state index contributed by atoms with van der Waals surface area (Å²) >= 11 is 0. The first-order valence-corrected chi connectivity index (χ1v) is 7.63. The van der Waals surface area contributed by atoms with Gasteiger partial charge in [-0.3, -0.25) is 9.38 Å². The van der Waals surface area contributed by atoms with Gasteiger partial charge in [0.1, 0.15) is 17.0 Å². The minimum absolute atomic E-state index is 0.234. The molecule has 4 aromatic rings. The van der Waals surface area contributed by atoms with Crippen molar-refractivity contribution < 1.29 is 0 Å². The number of nitrogens with zero attached hydrogens (tertiary/aromatic N) is 5. The maximum Gasteiger partial charge on any atom is 0.220 e. The molecule has 0 spiro atoms. The van der Waals surface area contributed by atoms with Crippen molar-refractivity contribution in [2.75, 3.05) is 5.73 Å². The summed E-state index contributed by atoms with van der Waals surface area (Å²) in [6.07, 6.45) is 3.64. The van der Waals surface area contributed by atoms with Crippen LogP contribution in [0.15, 0.2) is 48.8 Å². The van der Waals surface area contributed by atoms with Gasteiger partial charge in [0.2, 0.25) is 5.95 Å². The second-order valence-corrected chi connectivity index (χ2v) is 5.71. The van der Waals surface area contributed by atoms with Crippen molar-refractivity contribution in [3.05, 3.63) is 60.0 Å². The van der Waals surface area contributed by atoms with Crippen molar-refractivity contribution in [2.24, 2.45) is 0 Å². The van der Waals surface area contributed by atoms with Crippen molar-refractivity contribution in [1.82, 2.24) is 24.3 Å². The lowest BCUT2D eigenvalue weighted by Gasteiger charge is -2.05. The Morgan fingerprint density at radius 3 is 2.62 bits per heavy atom. The minimum Gasteiger partial charge on any atom is -0.368 e. The fourth-order valence-corrected chi connectivity index (χ4v) is 2.75. The first-order valence-electron chi connectivity index (χ1n) is 7.63. The van der Waals surface area contributed by atoms with Crippen LogP contribution >= 0.6 is 0 Å². The van der Waals surface area contributed by atoms with Gasteiger partial charge in [0.05, 0.1) is 11.4 Å². The topological polar surface area (TPSA) is 82.0 Å². The van der Waals surface area contributed by atoms with E-state index < -0.39 is 0 Å². The Morgan fingerprint density at radius 1 is 0.958 bits per heavy atom. The van der Waals surface area contributed by atoms with Crippen LogP contribution in [-0.2, 0) is 0 Å². The molecule has 0 atom stereocenters. The highest BCUT2D eigenvalue weighted by molar-refractivity contribution is 5.79. The summed E-state index contributed by atoms with van der Waals surface area (Å²) < 4.78 is 2.01. The Kier molecular flexibility index (Phi) is 3.23. The SMILES string of the molecule is Cc1ccn2c(-c3ccnc(N)n3)c(-c3cccc(C)n3)nc2c1. The third-order valence-corrected chi connectivity index (χ3v) is 3.83. The van der Waals surface area contributed by atoms with E-state index in [0.717, 1.165) is 39.7 Å². The summed E-state index contributed by atoms with van der Waals surface area (Å²) in [5.74, 6) is 0.234. The highest BCUT2D eigenvalue weighted by Crippen LogP contribution is 2.31. The second-order valence-electron chi connectivity index (χ2n) is 5.71. The number of hydrogen-bond donors (Lipinski definition) is 1. The summed E-state index contributed by atoms with van der Waals surface area (Å²) in [4.78, 5) is 17.8. The van der Waals surface area contributed by atoms with Crippen LogP contribution < -0.4 is 5.73 Å². The molecule has 0 aliphatic heterocycles. The van der Waals surface area contributed by atoms with Crippen molar-refractivity contribution in [1.29, 1.82) is 0 Å². The van der Waals surface area contributed by atoms with E-state index in [2.05, 4.69) is 15.0 Å². The third kappa shape index (κ3) is 2.38. The standard InChI is InChI=1S/C18H16N6/c1-11-7-9-24-15(10-11)23-16(13-5-3-4-12(2)21-13)17(24)14-6-8-20-18(19)22-14/h3-10H,1-2H3,(H2,19,20,22). The average molecular weight is 316 g/mol. The van der Waals surface area contributed by atoms with Crippen molar-refractivity contribution in [2.45, 2.75) is 13.8 Å². The number of aromatic nitrogens is 5. The summed E-state index contributed by atoms with van der Waals surface area (Å²) in [5.41, 5.74) is 11.9. The van der Waals surface area contributed by atoms with Crippen LogP contribution in [0.2, 0.25) is 0 Å². The molecule has 2 N–H and O–H groups in total. The fourth-order valence-electron chi connectivity index (χ4n) is 2.75. The number of imidazole rings is 1. The number of nitrogens with two attached hydrogens (primary N) is 1. The Hall–Kier alpha value is -3.28. The predicted octanol–water partition coefficient (Wildman–Crippen LogP) is 3.05. The number of aryl methyl sites for hydroxylation is 2. The Labute approximate surface area is 139 Å². The van der Waals surface area contributed by atoms with Crippen LogP contribution in [0, 0.1) is 13.8 Å². The molecule has 6 heteroatoms. The van der Waals surface area contributed by atoms with Gasteiger partial charge >= 0.3 is 0 Å². The molecule has 0 aromatic carbocycles. The van der Waals surface area contributed by atoms with Crippen LogP contribution in [0.4, 0.5) is 5.95 Å². The van der Waals surface area contributed by atoms with E-state index in [4.69, 9.17) is 10.7 Å². The zero-order chi connectivity index (χ0) is 16.7. The van der Waals surface area contributed by atoms with Crippen LogP contribution in [0.3, 0.4) is 0 Å². The number of hydrogen-bond acceptors (Lipinski definition) is 5. The molecule has 0 radical (unpaired) electrons. The largest absolute Gasteiger partial charge is 0.368 e. The van der Waals surface area contributed by atoms with E-state index in [0.29, 0.717) is 0 Å². The lowest BCUT2D eigenvalue weighted by atomic mass is 10.1. The molecule has 0 aliphatic carbocycles. The molecule has 0 saturated carbocycles. The molecule has 0 aliphatic rings. The molecule has 0 unspecified atom stereocenters. The number of fused-ring (bicyclic) bond motifs is 1. The van der Waals surface area contributed by atoms with Gasteiger partial charge < -0.3 is 5.73 Å². The van der Waals surface area contributed by atoms with E-state index in [9.17, 15) is 0 Å². The molecule has 0 saturated heterocycles. The van der Waals surface area contributed by atoms with Crippen LogP contribution in [0.5, 0.6) is 0 Å². The highest BCUT2D eigenvalue weighted by Gasteiger charge is 2.18. The summed E-state index contributed by atoms with van der Waals surface area (Å²) in [5, 5.41) is 0. The second kappa shape index (κ2) is 5.42. The van der Waals surface area contributed by atoms with Gasteiger partial charge in [0, 0.05) is 18.1 Å². The average Bonchev–Trinajstić information content (AvgIpc) is 2.93. The number of rotatable bonds is 2. The van der Waals surface area contributed by atoms with E-state index in [1.54, 1.807) is 6.20 Å². The van der Waals surface area contributed by atoms with Crippen molar-refractivity contribution in [3.8, 4) is 22.8 Å². The lowest BCUT2D eigenvalue weighted by Crippen LogP contribution is -1.98.